The maximum absolute atomic E-state index is 11.8. The fraction of sp³-hybridized carbons (Fsp3) is 0.885. The summed E-state index contributed by atoms with van der Waals surface area (Å²) in [6.45, 7) is 22.9. The van der Waals surface area contributed by atoms with Crippen molar-refractivity contribution in [2.45, 2.75) is 122 Å². The number of rotatable bonds is 11. The largest absolute Gasteiger partial charge is 0.469 e. The molecule has 0 amide bonds. The number of hydrogen-bond donors (Lipinski definition) is 1. The third-order valence-electron chi connectivity index (χ3n) is 8.21. The van der Waals surface area contributed by atoms with Crippen LogP contribution < -0.4 is 0 Å². The molecule has 0 aliphatic heterocycles. The Hall–Kier alpha value is -0.476. The number of aliphatic hydroxyl groups excluding tert-OH is 1. The minimum atomic E-state index is -2.01. The van der Waals surface area contributed by atoms with Crippen molar-refractivity contribution in [1.82, 2.24) is 0 Å². The van der Waals surface area contributed by atoms with E-state index in [-0.39, 0.29) is 40.8 Å². The molecule has 0 spiro atoms. The van der Waals surface area contributed by atoms with Crippen LogP contribution in [0.5, 0.6) is 0 Å². The fourth-order valence-corrected chi connectivity index (χ4v) is 6.60. The zero-order valence-corrected chi connectivity index (χ0v) is 25.3. The van der Waals surface area contributed by atoms with Crippen molar-refractivity contribution in [1.29, 1.82) is 0 Å². The van der Waals surface area contributed by atoms with Gasteiger partial charge in [0, 0.05) is 18.9 Å². The molecule has 1 aliphatic rings. The lowest BCUT2D eigenvalue weighted by Crippen LogP contribution is -2.45. The van der Waals surface area contributed by atoms with Crippen molar-refractivity contribution in [3.63, 3.8) is 0 Å². The van der Waals surface area contributed by atoms with Crippen molar-refractivity contribution in [2.75, 3.05) is 13.7 Å². The highest BCUT2D eigenvalue weighted by atomic mass is 28.4. The van der Waals surface area contributed by atoms with Crippen LogP contribution in [0.3, 0.4) is 0 Å². The summed E-state index contributed by atoms with van der Waals surface area (Å²) in [5.74, 6) is 0.468. The Morgan fingerprint density at radius 1 is 1.03 bits per heavy atom. The zero-order chi connectivity index (χ0) is 25.7. The second kappa shape index (κ2) is 12.0. The van der Waals surface area contributed by atoms with Gasteiger partial charge >= 0.3 is 5.97 Å². The predicted octanol–water partition coefficient (Wildman–Crippen LogP) is 6.69. The number of carbonyl (C=O) groups is 1. The Morgan fingerprint density at radius 3 is 2.09 bits per heavy atom. The summed E-state index contributed by atoms with van der Waals surface area (Å²) in [6, 6.07) is 0. The molecule has 0 heterocycles. The molecule has 5 nitrogen and oxygen atoms in total. The van der Waals surface area contributed by atoms with Gasteiger partial charge in [0.15, 0.2) is 16.6 Å². The third-order valence-corrected chi connectivity index (χ3v) is 17.2. The average Bonchev–Trinajstić information content (AvgIpc) is 3.02. The quantitative estimate of drug-likeness (QED) is 0.195. The van der Waals surface area contributed by atoms with Crippen molar-refractivity contribution in [3.8, 4) is 0 Å². The molecule has 1 fully saturated rings. The third kappa shape index (κ3) is 8.91. The average molecular weight is 501 g/mol. The van der Waals surface area contributed by atoms with Gasteiger partial charge in [0.2, 0.25) is 0 Å². The van der Waals surface area contributed by atoms with Crippen molar-refractivity contribution < 1.29 is 23.5 Å². The Morgan fingerprint density at radius 2 is 1.61 bits per heavy atom. The fourth-order valence-electron chi connectivity index (χ4n) is 3.91. The predicted molar refractivity (Wildman–Crippen MR) is 142 cm³/mol. The number of esters is 1. The van der Waals surface area contributed by atoms with Gasteiger partial charge in [-0.25, -0.2) is 0 Å². The molecule has 1 N–H and O–H groups in total. The standard InChI is InChI=1S/C26H52O5Si2/c1-25(2,3)32(8,9)30-21(14-17-24(28)29-7)13-15-22-20(18-19-27)12-16-23(22)31-33(10,11)26(4,5)6/h13,15,20-23,27H,12,14,16-19H2,1-11H3/b15-13+/t20-,21+,22+,23+/m1/s1. The maximum Gasteiger partial charge on any atom is 0.305 e. The summed E-state index contributed by atoms with van der Waals surface area (Å²) in [6.07, 6.45) is 8.35. The minimum Gasteiger partial charge on any atom is -0.469 e. The van der Waals surface area contributed by atoms with Crippen molar-refractivity contribution in [2.24, 2.45) is 11.8 Å². The molecule has 0 aromatic carbocycles. The van der Waals surface area contributed by atoms with Gasteiger partial charge in [-0.2, -0.15) is 0 Å². The molecule has 0 radical (unpaired) electrons. The van der Waals surface area contributed by atoms with Gasteiger partial charge in [0.05, 0.1) is 19.3 Å². The zero-order valence-electron chi connectivity index (χ0n) is 23.3. The van der Waals surface area contributed by atoms with E-state index in [0.717, 1.165) is 19.3 Å². The summed E-state index contributed by atoms with van der Waals surface area (Å²) in [4.78, 5) is 11.8. The first-order valence-corrected chi connectivity index (χ1v) is 18.5. The molecular weight excluding hydrogens is 448 g/mol. The number of carbonyl (C=O) groups excluding carboxylic acids is 1. The van der Waals surface area contributed by atoms with Gasteiger partial charge in [-0.1, -0.05) is 53.7 Å². The summed E-state index contributed by atoms with van der Waals surface area (Å²) in [5, 5.41) is 9.90. The molecule has 0 unspecified atom stereocenters. The molecule has 0 aromatic heterocycles. The number of ether oxygens (including phenoxy) is 1. The Balaban J connectivity index is 3.14. The van der Waals surface area contributed by atoms with Crippen LogP contribution >= 0.6 is 0 Å². The van der Waals surface area contributed by atoms with Gasteiger partial charge in [0.25, 0.3) is 0 Å². The van der Waals surface area contributed by atoms with E-state index in [1.165, 1.54) is 7.11 Å². The summed E-state index contributed by atoms with van der Waals surface area (Å²) in [7, 11) is -2.47. The van der Waals surface area contributed by atoms with Crippen LogP contribution in [0.4, 0.5) is 0 Å². The van der Waals surface area contributed by atoms with Crippen molar-refractivity contribution in [3.05, 3.63) is 12.2 Å². The maximum atomic E-state index is 11.8. The van der Waals surface area contributed by atoms with Crippen LogP contribution in [-0.2, 0) is 18.4 Å². The number of hydrogen-bond acceptors (Lipinski definition) is 5. The monoisotopic (exact) mass is 500 g/mol. The molecule has 194 valence electrons. The summed E-state index contributed by atoms with van der Waals surface area (Å²) >= 11 is 0. The van der Waals surface area contributed by atoms with E-state index in [1.807, 2.05) is 0 Å². The Bertz CT molecular complexity index is 646. The lowest BCUT2D eigenvalue weighted by atomic mass is 9.91. The molecule has 1 saturated carbocycles. The van der Waals surface area contributed by atoms with E-state index in [4.69, 9.17) is 13.6 Å². The van der Waals surface area contributed by atoms with Crippen LogP contribution in [-0.4, -0.2) is 53.6 Å². The summed E-state index contributed by atoms with van der Waals surface area (Å²) in [5.41, 5.74) is 0. The highest BCUT2D eigenvalue weighted by Crippen LogP contribution is 2.44. The molecule has 0 aromatic rings. The molecule has 0 bridgehead atoms. The van der Waals surface area contributed by atoms with Gasteiger partial charge in [-0.05, 0) is 67.9 Å². The van der Waals surface area contributed by atoms with Gasteiger partial charge in [-0.15, -0.1) is 0 Å². The van der Waals surface area contributed by atoms with Gasteiger partial charge in [0.1, 0.15) is 0 Å². The second-order valence-corrected chi connectivity index (χ2v) is 22.3. The van der Waals surface area contributed by atoms with E-state index in [0.29, 0.717) is 18.8 Å². The molecule has 1 aliphatic carbocycles. The first-order valence-electron chi connectivity index (χ1n) is 12.7. The van der Waals surface area contributed by atoms with Crippen LogP contribution in [0.1, 0.15) is 73.6 Å². The lowest BCUT2D eigenvalue weighted by molar-refractivity contribution is -0.141. The van der Waals surface area contributed by atoms with Crippen LogP contribution in [0.2, 0.25) is 36.3 Å². The Kier molecular flexibility index (Phi) is 11.1. The minimum absolute atomic E-state index is 0.0884. The molecule has 1 rings (SSSR count). The molecule has 4 atom stereocenters. The van der Waals surface area contributed by atoms with Gasteiger partial charge < -0.3 is 18.7 Å². The van der Waals surface area contributed by atoms with Crippen LogP contribution in [0.25, 0.3) is 0 Å². The first-order chi connectivity index (χ1) is 14.9. The number of aliphatic hydroxyl groups is 1. The van der Waals surface area contributed by atoms with E-state index in [2.05, 4.69) is 79.9 Å². The van der Waals surface area contributed by atoms with Gasteiger partial charge in [-0.3, -0.25) is 4.79 Å². The van der Waals surface area contributed by atoms with E-state index >= 15 is 0 Å². The molecule has 0 saturated heterocycles. The van der Waals surface area contributed by atoms with E-state index in [9.17, 15) is 9.90 Å². The van der Waals surface area contributed by atoms with Crippen molar-refractivity contribution >= 4 is 22.6 Å². The highest BCUT2D eigenvalue weighted by molar-refractivity contribution is 6.74. The first kappa shape index (κ1) is 30.6. The lowest BCUT2D eigenvalue weighted by Gasteiger charge is -2.40. The molecule has 33 heavy (non-hydrogen) atoms. The Labute approximate surface area is 205 Å². The highest BCUT2D eigenvalue weighted by Gasteiger charge is 2.44. The normalized spacial score (nSPS) is 23.8. The van der Waals surface area contributed by atoms with Crippen LogP contribution in [0, 0.1) is 11.8 Å². The second-order valence-electron chi connectivity index (χ2n) is 12.8. The van der Waals surface area contributed by atoms with Crippen LogP contribution in [0.15, 0.2) is 12.2 Å². The number of methoxy groups -OCH3 is 1. The topological polar surface area (TPSA) is 65.0 Å². The van der Waals surface area contributed by atoms with E-state index < -0.39 is 16.6 Å². The molecular formula is C26H52O5Si2. The molecule has 7 heteroatoms. The smallest absolute Gasteiger partial charge is 0.305 e. The SMILES string of the molecule is COC(=O)CC[C@H](/C=C/[C@H]1[C@@H](CCO)CC[C@@H]1O[Si](C)(C)C(C)(C)C)O[Si](C)(C)C(C)(C)C. The van der Waals surface area contributed by atoms with E-state index in [1.54, 1.807) is 0 Å². The summed E-state index contributed by atoms with van der Waals surface area (Å²) < 4.78 is 18.4.